The number of nitrogens with zero attached hydrogens (tertiary/aromatic N) is 3. The zero-order chi connectivity index (χ0) is 18.1. The number of anilines is 1. The molecule has 4 rings (SSSR count). The molecule has 1 fully saturated rings. The van der Waals surface area contributed by atoms with Crippen LogP contribution in [0.25, 0.3) is 11.0 Å². The number of fused-ring (bicyclic) bond motifs is 1. The van der Waals surface area contributed by atoms with Crippen LogP contribution in [0.2, 0.25) is 0 Å². The van der Waals surface area contributed by atoms with Gasteiger partial charge in [-0.1, -0.05) is 30.3 Å². The molecule has 0 bridgehead atoms. The van der Waals surface area contributed by atoms with Crippen molar-refractivity contribution >= 4 is 16.9 Å². The second-order valence-corrected chi connectivity index (χ2v) is 6.25. The van der Waals surface area contributed by atoms with Gasteiger partial charge in [0.15, 0.2) is 12.0 Å². The average molecular weight is 356 g/mol. The van der Waals surface area contributed by atoms with Crippen molar-refractivity contribution in [1.29, 1.82) is 0 Å². The molecule has 2 aromatic heterocycles. The Kier molecular flexibility index (Phi) is 4.56. The van der Waals surface area contributed by atoms with E-state index in [0.717, 1.165) is 5.56 Å². The Balaban J connectivity index is 1.61. The molecular weight excluding hydrogens is 336 g/mol. The average Bonchev–Trinajstić information content (AvgIpc) is 3.23. The van der Waals surface area contributed by atoms with Gasteiger partial charge in [-0.05, 0) is 11.6 Å². The summed E-state index contributed by atoms with van der Waals surface area (Å²) in [4.78, 5) is 8.74. The summed E-state index contributed by atoms with van der Waals surface area (Å²) in [6.07, 6.45) is -0.768. The minimum absolute atomic E-state index is 0.368. The Labute approximate surface area is 149 Å². The molecule has 0 spiro atoms. The van der Waals surface area contributed by atoms with Crippen molar-refractivity contribution in [3.05, 3.63) is 54.5 Å². The maximum absolute atomic E-state index is 10.2. The van der Waals surface area contributed by atoms with Gasteiger partial charge in [-0.25, -0.2) is 9.97 Å². The van der Waals surface area contributed by atoms with E-state index in [1.165, 1.54) is 0 Å². The van der Waals surface area contributed by atoms with E-state index in [1.54, 1.807) is 23.2 Å². The number of aromatic nitrogens is 3. The topological polar surface area (TPSA) is 113 Å². The minimum atomic E-state index is -1.15. The van der Waals surface area contributed by atoms with Crippen LogP contribution < -0.4 is 5.32 Å². The van der Waals surface area contributed by atoms with Crippen LogP contribution in [0, 0.1) is 0 Å². The maximum Gasteiger partial charge on any atom is 0.164 e. The molecule has 8 nitrogen and oxygen atoms in total. The largest absolute Gasteiger partial charge is 0.394 e. The van der Waals surface area contributed by atoms with Gasteiger partial charge in [0.1, 0.15) is 23.8 Å². The summed E-state index contributed by atoms with van der Waals surface area (Å²) in [5, 5.41) is 32.7. The van der Waals surface area contributed by atoms with Gasteiger partial charge in [0.2, 0.25) is 0 Å². The highest BCUT2D eigenvalue weighted by Gasteiger charge is 2.43. The van der Waals surface area contributed by atoms with Crippen LogP contribution in [-0.2, 0) is 11.3 Å². The molecule has 136 valence electrons. The fraction of sp³-hybridized carbons (Fsp3) is 0.333. The molecule has 1 saturated heterocycles. The molecule has 0 aliphatic carbocycles. The molecule has 3 heterocycles. The van der Waals surface area contributed by atoms with Crippen LogP contribution in [0.3, 0.4) is 0 Å². The van der Waals surface area contributed by atoms with Crippen molar-refractivity contribution in [2.75, 3.05) is 11.9 Å². The Morgan fingerprint density at radius 2 is 1.88 bits per heavy atom. The number of ether oxygens (including phenoxy) is 1. The third-order valence-electron chi connectivity index (χ3n) is 4.59. The monoisotopic (exact) mass is 356 g/mol. The lowest BCUT2D eigenvalue weighted by molar-refractivity contribution is -0.0508. The van der Waals surface area contributed by atoms with E-state index in [9.17, 15) is 15.3 Å². The van der Waals surface area contributed by atoms with Crippen LogP contribution >= 0.6 is 0 Å². The highest BCUT2D eigenvalue weighted by Crippen LogP contribution is 2.32. The van der Waals surface area contributed by atoms with Gasteiger partial charge in [0.05, 0.1) is 18.5 Å². The second-order valence-electron chi connectivity index (χ2n) is 6.25. The number of nitrogens with one attached hydrogen (secondary N) is 1. The number of pyridine rings is 1. The summed E-state index contributed by atoms with van der Waals surface area (Å²) in [5.74, 6) is 0.622. The summed E-state index contributed by atoms with van der Waals surface area (Å²) in [5.41, 5.74) is 2.47. The first-order valence-electron chi connectivity index (χ1n) is 8.41. The van der Waals surface area contributed by atoms with Crippen LogP contribution in [-0.4, -0.2) is 54.8 Å². The Bertz CT molecular complexity index is 885. The molecule has 8 heteroatoms. The summed E-state index contributed by atoms with van der Waals surface area (Å²) < 4.78 is 7.24. The summed E-state index contributed by atoms with van der Waals surface area (Å²) >= 11 is 0. The minimum Gasteiger partial charge on any atom is -0.394 e. The molecule has 0 radical (unpaired) electrons. The van der Waals surface area contributed by atoms with Gasteiger partial charge in [-0.3, -0.25) is 0 Å². The van der Waals surface area contributed by atoms with E-state index in [-0.39, 0.29) is 6.61 Å². The van der Waals surface area contributed by atoms with Gasteiger partial charge >= 0.3 is 0 Å². The van der Waals surface area contributed by atoms with Crippen LogP contribution in [0.15, 0.2) is 48.9 Å². The Morgan fingerprint density at radius 1 is 1.08 bits per heavy atom. The van der Waals surface area contributed by atoms with E-state index in [4.69, 9.17) is 4.74 Å². The molecule has 0 amide bonds. The number of aliphatic hydroxyl groups excluding tert-OH is 3. The van der Waals surface area contributed by atoms with Crippen molar-refractivity contribution in [3.8, 4) is 0 Å². The lowest BCUT2D eigenvalue weighted by Crippen LogP contribution is -2.33. The molecule has 2 unspecified atom stereocenters. The normalized spacial score (nSPS) is 25.7. The molecular formula is C18H20N4O4. The summed E-state index contributed by atoms with van der Waals surface area (Å²) in [6.45, 7) is 0.237. The Hall–Kier alpha value is -2.52. The predicted octanol–water partition coefficient (Wildman–Crippen LogP) is 0.655. The molecule has 4 atom stereocenters. The molecule has 0 saturated carbocycles. The van der Waals surface area contributed by atoms with Crippen molar-refractivity contribution < 1.29 is 20.1 Å². The number of benzene rings is 1. The van der Waals surface area contributed by atoms with Crippen LogP contribution in [0.4, 0.5) is 5.82 Å². The van der Waals surface area contributed by atoms with E-state index < -0.39 is 24.5 Å². The third kappa shape index (κ3) is 2.93. The first-order chi connectivity index (χ1) is 12.7. The lowest BCUT2D eigenvalue weighted by Gasteiger charge is -2.17. The van der Waals surface area contributed by atoms with Crippen molar-refractivity contribution in [2.45, 2.75) is 31.1 Å². The third-order valence-corrected chi connectivity index (χ3v) is 4.59. The number of rotatable bonds is 5. The Morgan fingerprint density at radius 3 is 2.62 bits per heavy atom. The summed E-state index contributed by atoms with van der Waals surface area (Å²) in [6, 6.07) is 11.7. The van der Waals surface area contributed by atoms with Gasteiger partial charge in [0.25, 0.3) is 0 Å². The van der Waals surface area contributed by atoms with Gasteiger partial charge in [0, 0.05) is 12.7 Å². The van der Waals surface area contributed by atoms with Gasteiger partial charge < -0.3 is 29.9 Å². The fourth-order valence-electron chi connectivity index (χ4n) is 3.19. The van der Waals surface area contributed by atoms with E-state index in [1.807, 2.05) is 30.3 Å². The molecule has 1 aliphatic rings. The quantitative estimate of drug-likeness (QED) is 0.531. The van der Waals surface area contributed by atoms with E-state index in [0.29, 0.717) is 23.4 Å². The zero-order valence-electron chi connectivity index (χ0n) is 13.9. The zero-order valence-corrected chi connectivity index (χ0v) is 13.9. The molecule has 4 N–H and O–H groups in total. The highest BCUT2D eigenvalue weighted by atomic mass is 16.6. The number of aliphatic hydroxyl groups is 3. The SMILES string of the molecule is OC[C@H]1OC(n2cnc3c(NCc4ccccc4)nccc32)C(O)[C@@H]1O. The highest BCUT2D eigenvalue weighted by molar-refractivity contribution is 5.85. The molecule has 3 aromatic rings. The fourth-order valence-corrected chi connectivity index (χ4v) is 3.19. The predicted molar refractivity (Wildman–Crippen MR) is 94.3 cm³/mol. The van der Waals surface area contributed by atoms with Crippen molar-refractivity contribution in [1.82, 2.24) is 14.5 Å². The smallest absolute Gasteiger partial charge is 0.164 e. The molecule has 1 aromatic carbocycles. The van der Waals surface area contributed by atoms with Crippen molar-refractivity contribution in [2.24, 2.45) is 0 Å². The van der Waals surface area contributed by atoms with Gasteiger partial charge in [-0.2, -0.15) is 0 Å². The lowest BCUT2D eigenvalue weighted by atomic mass is 10.1. The van der Waals surface area contributed by atoms with E-state index >= 15 is 0 Å². The first kappa shape index (κ1) is 16.9. The standard InChI is InChI=1S/C18H20N4O4/c23-9-13-15(24)16(25)18(26-13)22-10-21-14-12(22)6-7-19-17(14)20-8-11-4-2-1-3-5-11/h1-7,10,13,15-16,18,23-25H,8-9H2,(H,19,20)/t13-,15-,16?,18?/m1/s1. The van der Waals surface area contributed by atoms with Gasteiger partial charge in [-0.15, -0.1) is 0 Å². The van der Waals surface area contributed by atoms with Crippen LogP contribution in [0.1, 0.15) is 11.8 Å². The number of imidazole rings is 1. The number of hydrogen-bond donors (Lipinski definition) is 4. The second kappa shape index (κ2) is 7.00. The summed E-state index contributed by atoms with van der Waals surface area (Å²) in [7, 11) is 0. The maximum atomic E-state index is 10.2. The van der Waals surface area contributed by atoms with Crippen LogP contribution in [0.5, 0.6) is 0 Å². The van der Waals surface area contributed by atoms with Crippen molar-refractivity contribution in [3.63, 3.8) is 0 Å². The first-order valence-corrected chi connectivity index (χ1v) is 8.41. The van der Waals surface area contributed by atoms with E-state index in [2.05, 4.69) is 15.3 Å². The number of hydrogen-bond acceptors (Lipinski definition) is 7. The molecule has 1 aliphatic heterocycles. The molecule has 26 heavy (non-hydrogen) atoms.